The largest absolute Gasteiger partial charge is 0.319 e. The first-order chi connectivity index (χ1) is 7.56. The average Bonchev–Trinajstić information content (AvgIpc) is 2.25. The van der Waals surface area contributed by atoms with Gasteiger partial charge in [-0.2, -0.15) is 0 Å². The number of likely N-dealkylation sites (N-methyl/N-ethyl adjacent to an activating group) is 1. The fourth-order valence-corrected chi connectivity index (χ4v) is 2.02. The zero-order valence-corrected chi connectivity index (χ0v) is 11.3. The monoisotopic (exact) mass is 219 g/mol. The molecule has 1 rings (SSSR count). The summed E-state index contributed by atoms with van der Waals surface area (Å²) in [7, 11) is 2.02. The van der Waals surface area contributed by atoms with Gasteiger partial charge in [0.1, 0.15) is 0 Å². The molecule has 0 bridgehead atoms. The van der Waals surface area contributed by atoms with Gasteiger partial charge in [0.2, 0.25) is 0 Å². The van der Waals surface area contributed by atoms with E-state index in [4.69, 9.17) is 0 Å². The molecule has 0 heterocycles. The van der Waals surface area contributed by atoms with E-state index in [2.05, 4.69) is 51.2 Å². The lowest BCUT2D eigenvalue weighted by Crippen LogP contribution is -2.12. The van der Waals surface area contributed by atoms with Crippen LogP contribution in [0.1, 0.15) is 56.2 Å². The van der Waals surface area contributed by atoms with Crippen molar-refractivity contribution in [3.63, 3.8) is 0 Å². The summed E-state index contributed by atoms with van der Waals surface area (Å²) in [5, 5.41) is 3.23. The maximum atomic E-state index is 3.23. The van der Waals surface area contributed by atoms with Crippen molar-refractivity contribution in [3.8, 4) is 0 Å². The van der Waals surface area contributed by atoms with Crippen LogP contribution in [0.2, 0.25) is 0 Å². The van der Waals surface area contributed by atoms with Crippen LogP contribution in [0.25, 0.3) is 0 Å². The summed E-state index contributed by atoms with van der Waals surface area (Å²) in [6, 6.07) is 6.98. The third-order valence-electron chi connectivity index (χ3n) is 3.10. The van der Waals surface area contributed by atoms with Gasteiger partial charge in [-0.15, -0.1) is 0 Å². The van der Waals surface area contributed by atoms with Crippen molar-refractivity contribution in [2.45, 2.75) is 46.0 Å². The lowest BCUT2D eigenvalue weighted by atomic mass is 9.91. The molecule has 1 aromatic carbocycles. The second-order valence-electron chi connectivity index (χ2n) is 5.12. The van der Waals surface area contributed by atoms with Gasteiger partial charge in [-0.1, -0.05) is 45.9 Å². The maximum absolute atomic E-state index is 3.23. The molecule has 16 heavy (non-hydrogen) atoms. The van der Waals surface area contributed by atoms with Gasteiger partial charge in [0.15, 0.2) is 0 Å². The molecule has 0 amide bonds. The van der Waals surface area contributed by atoms with Gasteiger partial charge in [-0.25, -0.2) is 0 Å². The van der Waals surface area contributed by atoms with Gasteiger partial charge in [-0.05, 0) is 48.5 Å². The predicted octanol–water partition coefficient (Wildman–Crippen LogP) is 3.70. The fraction of sp³-hybridized carbons (Fsp3) is 0.600. The van der Waals surface area contributed by atoms with E-state index in [1.165, 1.54) is 16.7 Å². The van der Waals surface area contributed by atoms with Crippen LogP contribution in [0, 0.1) is 0 Å². The van der Waals surface area contributed by atoms with E-state index in [1.54, 1.807) is 0 Å². The summed E-state index contributed by atoms with van der Waals surface area (Å²) in [4.78, 5) is 0. The molecule has 0 aliphatic carbocycles. The van der Waals surface area contributed by atoms with E-state index < -0.39 is 0 Å². The average molecular weight is 219 g/mol. The highest BCUT2D eigenvalue weighted by molar-refractivity contribution is 5.35. The molecule has 0 atom stereocenters. The Labute approximate surface area is 100 Å². The van der Waals surface area contributed by atoms with Crippen LogP contribution in [0.5, 0.6) is 0 Å². The third-order valence-corrected chi connectivity index (χ3v) is 3.10. The zero-order chi connectivity index (χ0) is 12.1. The minimum absolute atomic E-state index is 0.619. The summed E-state index contributed by atoms with van der Waals surface area (Å²) in [5.74, 6) is 1.24. The van der Waals surface area contributed by atoms with Crippen LogP contribution in [0.4, 0.5) is 0 Å². The predicted molar refractivity (Wildman–Crippen MR) is 72.3 cm³/mol. The van der Waals surface area contributed by atoms with Crippen molar-refractivity contribution in [1.29, 1.82) is 0 Å². The Hall–Kier alpha value is -0.820. The molecule has 0 spiro atoms. The Morgan fingerprint density at radius 2 is 1.75 bits per heavy atom. The third kappa shape index (κ3) is 3.34. The first-order valence-corrected chi connectivity index (χ1v) is 6.33. The van der Waals surface area contributed by atoms with Gasteiger partial charge in [0.25, 0.3) is 0 Å². The molecule has 90 valence electrons. The molecular weight excluding hydrogens is 194 g/mol. The standard InChI is InChI=1S/C15H25N/c1-11(2)13-6-7-15(12(3)4)14(10-13)8-9-16-5/h6-7,10-12,16H,8-9H2,1-5H3. The second-order valence-corrected chi connectivity index (χ2v) is 5.12. The molecule has 0 aliphatic rings. The van der Waals surface area contributed by atoms with Crippen molar-refractivity contribution in [2.24, 2.45) is 0 Å². The molecule has 0 saturated heterocycles. The van der Waals surface area contributed by atoms with Crippen LogP contribution < -0.4 is 5.32 Å². The SMILES string of the molecule is CNCCc1cc(C(C)C)ccc1C(C)C. The minimum atomic E-state index is 0.619. The Morgan fingerprint density at radius 1 is 1.06 bits per heavy atom. The van der Waals surface area contributed by atoms with E-state index >= 15 is 0 Å². The topological polar surface area (TPSA) is 12.0 Å². The van der Waals surface area contributed by atoms with Gasteiger partial charge in [0.05, 0.1) is 0 Å². The number of nitrogens with one attached hydrogen (secondary N) is 1. The molecular formula is C15H25N. The summed E-state index contributed by atoms with van der Waals surface area (Å²) in [6.45, 7) is 10.1. The second kappa shape index (κ2) is 6.05. The van der Waals surface area contributed by atoms with Gasteiger partial charge >= 0.3 is 0 Å². The van der Waals surface area contributed by atoms with Gasteiger partial charge in [-0.3, -0.25) is 0 Å². The van der Waals surface area contributed by atoms with E-state index in [-0.39, 0.29) is 0 Å². The highest BCUT2D eigenvalue weighted by Gasteiger charge is 2.08. The quantitative estimate of drug-likeness (QED) is 0.796. The molecule has 0 unspecified atom stereocenters. The number of rotatable bonds is 5. The van der Waals surface area contributed by atoms with Gasteiger partial charge in [0, 0.05) is 0 Å². The first kappa shape index (κ1) is 13.2. The van der Waals surface area contributed by atoms with Crippen molar-refractivity contribution >= 4 is 0 Å². The number of hydrogen-bond donors (Lipinski definition) is 1. The maximum Gasteiger partial charge on any atom is -0.00113 e. The smallest absolute Gasteiger partial charge is 0.00113 e. The van der Waals surface area contributed by atoms with Crippen LogP contribution in [0.15, 0.2) is 18.2 Å². The van der Waals surface area contributed by atoms with Crippen LogP contribution in [0.3, 0.4) is 0 Å². The Bertz CT molecular complexity index is 326. The summed E-state index contributed by atoms with van der Waals surface area (Å²) < 4.78 is 0. The summed E-state index contributed by atoms with van der Waals surface area (Å²) in [5.41, 5.74) is 4.46. The zero-order valence-electron chi connectivity index (χ0n) is 11.3. The van der Waals surface area contributed by atoms with E-state index in [0.29, 0.717) is 11.8 Å². The van der Waals surface area contributed by atoms with Crippen LogP contribution in [-0.2, 0) is 6.42 Å². The molecule has 0 radical (unpaired) electrons. The van der Waals surface area contributed by atoms with Crippen LogP contribution >= 0.6 is 0 Å². The van der Waals surface area contributed by atoms with E-state index in [1.807, 2.05) is 7.05 Å². The van der Waals surface area contributed by atoms with E-state index in [0.717, 1.165) is 13.0 Å². The molecule has 1 nitrogen and oxygen atoms in total. The highest BCUT2D eigenvalue weighted by atomic mass is 14.8. The minimum Gasteiger partial charge on any atom is -0.319 e. The van der Waals surface area contributed by atoms with Crippen molar-refractivity contribution in [2.75, 3.05) is 13.6 Å². The highest BCUT2D eigenvalue weighted by Crippen LogP contribution is 2.24. The first-order valence-electron chi connectivity index (χ1n) is 6.33. The number of benzene rings is 1. The fourth-order valence-electron chi connectivity index (χ4n) is 2.02. The van der Waals surface area contributed by atoms with Crippen molar-refractivity contribution in [1.82, 2.24) is 5.32 Å². The lowest BCUT2D eigenvalue weighted by Gasteiger charge is -2.16. The molecule has 1 N–H and O–H groups in total. The molecule has 0 fully saturated rings. The van der Waals surface area contributed by atoms with Crippen LogP contribution in [-0.4, -0.2) is 13.6 Å². The Morgan fingerprint density at radius 3 is 2.25 bits per heavy atom. The lowest BCUT2D eigenvalue weighted by molar-refractivity contribution is 0.762. The normalized spacial score (nSPS) is 11.4. The number of hydrogen-bond acceptors (Lipinski definition) is 1. The Kier molecular flexibility index (Phi) is 5.01. The van der Waals surface area contributed by atoms with Gasteiger partial charge < -0.3 is 5.32 Å². The van der Waals surface area contributed by atoms with E-state index in [9.17, 15) is 0 Å². The Balaban J connectivity index is 3.01. The van der Waals surface area contributed by atoms with Crippen molar-refractivity contribution in [3.05, 3.63) is 34.9 Å². The van der Waals surface area contributed by atoms with Crippen molar-refractivity contribution < 1.29 is 0 Å². The summed E-state index contributed by atoms with van der Waals surface area (Å²) >= 11 is 0. The molecule has 0 aromatic heterocycles. The molecule has 1 heteroatoms. The molecule has 0 aliphatic heterocycles. The summed E-state index contributed by atoms with van der Waals surface area (Å²) in [6.07, 6.45) is 1.13. The molecule has 0 saturated carbocycles. The molecule has 1 aromatic rings.